The van der Waals surface area contributed by atoms with Crippen LogP contribution in [0.3, 0.4) is 0 Å². The Kier molecular flexibility index (Phi) is 1.79. The van der Waals surface area contributed by atoms with Crippen molar-refractivity contribution in [3.05, 3.63) is 28.2 Å². The normalized spacial score (nSPS) is 10.3. The Morgan fingerprint density at radius 1 is 1.36 bits per heavy atom. The number of H-pyrrole nitrogens is 1. The van der Waals surface area contributed by atoms with Gasteiger partial charge in [0.05, 0.1) is 8.66 Å². The molecule has 0 aliphatic heterocycles. The molecular weight excluding hydrogens is 224 g/mol. The first-order chi connectivity index (χ1) is 5.36. The summed E-state index contributed by atoms with van der Waals surface area (Å²) >= 11 is 5.08. The standard InChI is InChI=1S/C7H5BrN2S/c8-7-2-1-6(11-7)5-3-4-9-10-5/h1-4H,(H,9,10). The minimum atomic E-state index is 1.00. The van der Waals surface area contributed by atoms with Crippen LogP contribution in [0.5, 0.6) is 0 Å². The average molecular weight is 229 g/mol. The molecule has 0 saturated carbocycles. The number of halogens is 1. The van der Waals surface area contributed by atoms with Gasteiger partial charge in [-0.2, -0.15) is 5.10 Å². The van der Waals surface area contributed by atoms with E-state index in [0.29, 0.717) is 0 Å². The van der Waals surface area contributed by atoms with Gasteiger partial charge in [-0.1, -0.05) is 0 Å². The lowest BCUT2D eigenvalue weighted by Gasteiger charge is -1.84. The molecule has 0 aliphatic rings. The average Bonchev–Trinajstić information content (AvgIpc) is 2.55. The van der Waals surface area contributed by atoms with Crippen molar-refractivity contribution in [1.82, 2.24) is 10.2 Å². The number of aromatic nitrogens is 2. The van der Waals surface area contributed by atoms with E-state index in [1.54, 1.807) is 11.3 Å². The molecule has 0 bridgehead atoms. The molecule has 2 rings (SSSR count). The van der Waals surface area contributed by atoms with Gasteiger partial charge >= 0.3 is 0 Å². The molecule has 0 unspecified atom stereocenters. The topological polar surface area (TPSA) is 28.7 Å². The Balaban J connectivity index is 2.45. The third kappa shape index (κ3) is 1.36. The van der Waals surface area contributed by atoms with Crippen LogP contribution in [-0.2, 0) is 0 Å². The molecule has 0 radical (unpaired) electrons. The largest absolute Gasteiger partial charge is 0.285 e. The van der Waals surface area contributed by atoms with E-state index in [4.69, 9.17) is 0 Å². The molecule has 1 N–H and O–H groups in total. The van der Waals surface area contributed by atoms with Crippen molar-refractivity contribution >= 4 is 27.3 Å². The van der Waals surface area contributed by atoms with Gasteiger partial charge in [-0.25, -0.2) is 0 Å². The first-order valence-corrected chi connectivity index (χ1v) is 4.73. The van der Waals surface area contributed by atoms with Gasteiger partial charge in [0.25, 0.3) is 0 Å². The second kappa shape index (κ2) is 2.79. The minimum absolute atomic E-state index is 1.00. The summed E-state index contributed by atoms with van der Waals surface area (Å²) in [5.41, 5.74) is 1.00. The highest BCUT2D eigenvalue weighted by atomic mass is 79.9. The summed E-state index contributed by atoms with van der Waals surface area (Å²) in [7, 11) is 0. The Morgan fingerprint density at radius 2 is 2.27 bits per heavy atom. The first kappa shape index (κ1) is 7.06. The first-order valence-electron chi connectivity index (χ1n) is 3.12. The molecule has 0 aromatic carbocycles. The highest BCUT2D eigenvalue weighted by molar-refractivity contribution is 9.11. The van der Waals surface area contributed by atoms with Crippen LogP contribution in [0.1, 0.15) is 0 Å². The maximum absolute atomic E-state index is 4.06. The van der Waals surface area contributed by atoms with Gasteiger partial charge in [-0.3, -0.25) is 5.10 Å². The van der Waals surface area contributed by atoms with E-state index in [0.717, 1.165) is 9.48 Å². The van der Waals surface area contributed by atoms with E-state index in [2.05, 4.69) is 26.1 Å². The fourth-order valence-electron chi connectivity index (χ4n) is 0.849. The van der Waals surface area contributed by atoms with Crippen molar-refractivity contribution in [2.75, 3.05) is 0 Å². The third-order valence-corrected chi connectivity index (χ3v) is 2.97. The van der Waals surface area contributed by atoms with E-state index in [9.17, 15) is 0 Å². The number of hydrogen-bond acceptors (Lipinski definition) is 2. The Labute approximate surface area is 76.4 Å². The van der Waals surface area contributed by atoms with Gasteiger partial charge < -0.3 is 0 Å². The van der Waals surface area contributed by atoms with Gasteiger partial charge in [-0.05, 0) is 34.1 Å². The molecule has 2 nitrogen and oxygen atoms in total. The molecule has 0 fully saturated rings. The highest BCUT2D eigenvalue weighted by Crippen LogP contribution is 2.29. The number of hydrogen-bond donors (Lipinski definition) is 1. The maximum atomic E-state index is 4.06. The van der Waals surface area contributed by atoms with Crippen LogP contribution in [0.15, 0.2) is 28.2 Å². The molecule has 0 saturated heterocycles. The zero-order chi connectivity index (χ0) is 7.68. The van der Waals surface area contributed by atoms with Gasteiger partial charge in [0.15, 0.2) is 0 Å². The third-order valence-electron chi connectivity index (χ3n) is 1.33. The molecule has 0 atom stereocenters. The lowest BCUT2D eigenvalue weighted by Crippen LogP contribution is -1.69. The Morgan fingerprint density at radius 3 is 2.82 bits per heavy atom. The van der Waals surface area contributed by atoms with Gasteiger partial charge in [0.2, 0.25) is 0 Å². The lowest BCUT2D eigenvalue weighted by atomic mass is 10.4. The number of thiophene rings is 1. The number of nitrogens with one attached hydrogen (secondary N) is 1. The SMILES string of the molecule is Brc1ccc(-c2cc[nH]n2)s1. The van der Waals surface area contributed by atoms with Crippen molar-refractivity contribution in [3.8, 4) is 10.6 Å². The monoisotopic (exact) mass is 228 g/mol. The Hall–Kier alpha value is -0.610. The highest BCUT2D eigenvalue weighted by Gasteiger charge is 2.01. The van der Waals surface area contributed by atoms with Gasteiger partial charge in [-0.15, -0.1) is 11.3 Å². The summed E-state index contributed by atoms with van der Waals surface area (Å²) in [5.74, 6) is 0. The van der Waals surface area contributed by atoms with E-state index in [-0.39, 0.29) is 0 Å². The van der Waals surface area contributed by atoms with Crippen LogP contribution in [0.4, 0.5) is 0 Å². The van der Waals surface area contributed by atoms with E-state index < -0.39 is 0 Å². The van der Waals surface area contributed by atoms with Crippen LogP contribution < -0.4 is 0 Å². The summed E-state index contributed by atoms with van der Waals surface area (Å²) in [5, 5.41) is 6.84. The minimum Gasteiger partial charge on any atom is -0.285 e. The zero-order valence-electron chi connectivity index (χ0n) is 5.54. The molecule has 56 valence electrons. The van der Waals surface area contributed by atoms with Crippen molar-refractivity contribution in [2.45, 2.75) is 0 Å². The van der Waals surface area contributed by atoms with Crippen molar-refractivity contribution in [1.29, 1.82) is 0 Å². The van der Waals surface area contributed by atoms with Gasteiger partial charge in [0.1, 0.15) is 5.69 Å². The molecule has 2 aromatic rings. The number of rotatable bonds is 1. The number of aromatic amines is 1. The van der Waals surface area contributed by atoms with Crippen LogP contribution >= 0.6 is 27.3 Å². The summed E-state index contributed by atoms with van der Waals surface area (Å²) in [6.45, 7) is 0. The molecule has 0 spiro atoms. The zero-order valence-corrected chi connectivity index (χ0v) is 7.95. The quantitative estimate of drug-likeness (QED) is 0.800. The molecule has 0 amide bonds. The molecule has 4 heteroatoms. The molecule has 2 aromatic heterocycles. The number of nitrogens with zero attached hydrogens (tertiary/aromatic N) is 1. The summed E-state index contributed by atoms with van der Waals surface area (Å²) in [4.78, 5) is 1.18. The summed E-state index contributed by atoms with van der Waals surface area (Å²) in [6.07, 6.45) is 1.82. The predicted molar refractivity (Wildman–Crippen MR) is 49.6 cm³/mol. The predicted octanol–water partition coefficient (Wildman–Crippen LogP) is 2.90. The van der Waals surface area contributed by atoms with Gasteiger partial charge in [0, 0.05) is 6.20 Å². The van der Waals surface area contributed by atoms with Crippen LogP contribution in [0, 0.1) is 0 Å². The lowest BCUT2D eigenvalue weighted by molar-refractivity contribution is 1.10. The van der Waals surface area contributed by atoms with E-state index in [1.165, 1.54) is 4.88 Å². The maximum Gasteiger partial charge on any atom is 0.102 e. The second-order valence-corrected chi connectivity index (χ2v) is 4.53. The fourth-order valence-corrected chi connectivity index (χ4v) is 2.21. The summed E-state index contributed by atoms with van der Waals surface area (Å²) < 4.78 is 1.13. The molecule has 0 aliphatic carbocycles. The second-order valence-electron chi connectivity index (χ2n) is 2.06. The van der Waals surface area contributed by atoms with Crippen LogP contribution in [-0.4, -0.2) is 10.2 Å². The van der Waals surface area contributed by atoms with E-state index in [1.807, 2.05) is 24.4 Å². The fraction of sp³-hybridized carbons (Fsp3) is 0. The van der Waals surface area contributed by atoms with Crippen LogP contribution in [0.25, 0.3) is 10.6 Å². The van der Waals surface area contributed by atoms with Crippen molar-refractivity contribution in [2.24, 2.45) is 0 Å². The molecular formula is C7H5BrN2S. The Bertz CT molecular complexity index is 339. The van der Waals surface area contributed by atoms with E-state index >= 15 is 0 Å². The van der Waals surface area contributed by atoms with Crippen LogP contribution in [0.2, 0.25) is 0 Å². The summed E-state index contributed by atoms with van der Waals surface area (Å²) in [6, 6.07) is 6.03. The van der Waals surface area contributed by atoms with Crippen molar-refractivity contribution < 1.29 is 0 Å². The van der Waals surface area contributed by atoms with Crippen molar-refractivity contribution in [3.63, 3.8) is 0 Å². The molecule has 11 heavy (non-hydrogen) atoms. The smallest absolute Gasteiger partial charge is 0.102 e. The molecule has 2 heterocycles.